The number of thioether (sulfide) groups is 1. The summed E-state index contributed by atoms with van der Waals surface area (Å²) in [5.41, 5.74) is 1.13. The summed E-state index contributed by atoms with van der Waals surface area (Å²) in [6.07, 6.45) is 2.51. The van der Waals surface area contributed by atoms with Crippen molar-refractivity contribution in [2.24, 2.45) is 0 Å². The van der Waals surface area contributed by atoms with Gasteiger partial charge in [-0.05, 0) is 38.8 Å². The topological polar surface area (TPSA) is 32.3 Å². The molecule has 2 N–H and O–H groups in total. The van der Waals surface area contributed by atoms with Gasteiger partial charge in [0, 0.05) is 22.2 Å². The summed E-state index contributed by atoms with van der Waals surface area (Å²) in [7, 11) is 0. The highest BCUT2D eigenvalue weighted by Crippen LogP contribution is 2.27. The van der Waals surface area contributed by atoms with Gasteiger partial charge in [0.15, 0.2) is 0 Å². The molecular formula is C14H21NOS. The molecule has 0 saturated heterocycles. The summed E-state index contributed by atoms with van der Waals surface area (Å²) in [6, 6.07) is 9.15. The molecule has 0 radical (unpaired) electrons. The van der Waals surface area contributed by atoms with Crippen LogP contribution in [0.25, 0.3) is 0 Å². The molecule has 1 aromatic rings. The van der Waals surface area contributed by atoms with Crippen LogP contribution in [0, 0.1) is 6.92 Å². The summed E-state index contributed by atoms with van der Waals surface area (Å²) >= 11 is 1.81. The first-order valence-corrected chi connectivity index (χ1v) is 7.18. The van der Waals surface area contributed by atoms with E-state index in [0.717, 1.165) is 5.75 Å². The fourth-order valence-corrected chi connectivity index (χ4v) is 2.91. The van der Waals surface area contributed by atoms with Gasteiger partial charge in [-0.2, -0.15) is 0 Å². The molecule has 0 aromatic heterocycles. The van der Waals surface area contributed by atoms with E-state index in [1.54, 1.807) is 0 Å². The van der Waals surface area contributed by atoms with Crippen LogP contribution in [0.2, 0.25) is 0 Å². The number of rotatable bonds is 6. The Hall–Kier alpha value is -0.510. The second-order valence-corrected chi connectivity index (χ2v) is 6.29. The Bertz CT molecular complexity index is 378. The van der Waals surface area contributed by atoms with E-state index in [4.69, 9.17) is 0 Å². The van der Waals surface area contributed by atoms with Crippen molar-refractivity contribution < 1.29 is 5.11 Å². The van der Waals surface area contributed by atoms with Gasteiger partial charge in [-0.1, -0.05) is 17.7 Å². The van der Waals surface area contributed by atoms with Gasteiger partial charge in [0.2, 0.25) is 0 Å². The zero-order valence-corrected chi connectivity index (χ0v) is 11.4. The van der Waals surface area contributed by atoms with Crippen LogP contribution < -0.4 is 5.32 Å². The fraction of sp³-hybridized carbons (Fsp3) is 0.571. The number of aliphatic hydroxyl groups is 1. The highest BCUT2D eigenvalue weighted by atomic mass is 32.2. The minimum absolute atomic E-state index is 0.157. The Morgan fingerprint density at radius 1 is 1.47 bits per heavy atom. The summed E-state index contributed by atoms with van der Waals surface area (Å²) in [4.78, 5) is 1.28. The first kappa shape index (κ1) is 12.9. The Morgan fingerprint density at radius 2 is 2.24 bits per heavy atom. The molecule has 0 bridgehead atoms. The molecule has 1 aliphatic carbocycles. The molecule has 1 atom stereocenters. The molecule has 1 fully saturated rings. The average Bonchev–Trinajstić information content (AvgIpc) is 3.11. The lowest BCUT2D eigenvalue weighted by Crippen LogP contribution is -2.49. The van der Waals surface area contributed by atoms with Gasteiger partial charge < -0.3 is 10.4 Å². The van der Waals surface area contributed by atoms with Crippen LogP contribution in [0.4, 0.5) is 0 Å². The zero-order chi connectivity index (χ0) is 12.3. The molecule has 17 heavy (non-hydrogen) atoms. The molecular weight excluding hydrogens is 230 g/mol. The number of hydrogen-bond donors (Lipinski definition) is 2. The van der Waals surface area contributed by atoms with Crippen molar-refractivity contribution in [3.05, 3.63) is 29.8 Å². The van der Waals surface area contributed by atoms with E-state index in [9.17, 15) is 5.11 Å². The molecule has 0 spiro atoms. The van der Waals surface area contributed by atoms with Crippen LogP contribution in [0.3, 0.4) is 0 Å². The Morgan fingerprint density at radius 3 is 2.82 bits per heavy atom. The van der Waals surface area contributed by atoms with Gasteiger partial charge in [-0.15, -0.1) is 11.8 Å². The number of hydrogen-bond acceptors (Lipinski definition) is 3. The van der Waals surface area contributed by atoms with Crippen LogP contribution >= 0.6 is 11.8 Å². The van der Waals surface area contributed by atoms with Crippen LogP contribution in [0.15, 0.2) is 29.2 Å². The SMILES string of the molecule is Cc1cccc(SCC(C)(CO)NC2CC2)c1. The molecule has 1 aliphatic rings. The first-order valence-electron chi connectivity index (χ1n) is 6.19. The van der Waals surface area contributed by atoms with Crippen LogP contribution in [0.5, 0.6) is 0 Å². The predicted molar refractivity (Wildman–Crippen MR) is 73.6 cm³/mol. The molecule has 0 aliphatic heterocycles. The van der Waals surface area contributed by atoms with Crippen LogP contribution in [0.1, 0.15) is 25.3 Å². The molecule has 3 heteroatoms. The third-order valence-corrected chi connectivity index (χ3v) is 4.39. The Balaban J connectivity index is 1.90. The van der Waals surface area contributed by atoms with Crippen molar-refractivity contribution in [2.45, 2.75) is 43.2 Å². The lowest BCUT2D eigenvalue weighted by molar-refractivity contribution is 0.190. The highest BCUT2D eigenvalue weighted by Gasteiger charge is 2.31. The van der Waals surface area contributed by atoms with E-state index in [0.29, 0.717) is 6.04 Å². The lowest BCUT2D eigenvalue weighted by Gasteiger charge is -2.28. The zero-order valence-electron chi connectivity index (χ0n) is 10.6. The number of nitrogens with one attached hydrogen (secondary N) is 1. The molecule has 2 nitrogen and oxygen atoms in total. The summed E-state index contributed by atoms with van der Waals surface area (Å²) in [5, 5.41) is 13.0. The highest BCUT2D eigenvalue weighted by molar-refractivity contribution is 7.99. The quantitative estimate of drug-likeness (QED) is 0.762. The van der Waals surface area contributed by atoms with Crippen molar-refractivity contribution in [1.82, 2.24) is 5.32 Å². The second-order valence-electron chi connectivity index (χ2n) is 5.24. The molecule has 0 amide bonds. The van der Waals surface area contributed by atoms with Gasteiger partial charge in [-0.3, -0.25) is 0 Å². The van der Waals surface area contributed by atoms with Gasteiger partial charge in [0.25, 0.3) is 0 Å². The predicted octanol–water partition coefficient (Wildman–Crippen LogP) is 2.59. The molecule has 1 unspecified atom stereocenters. The largest absolute Gasteiger partial charge is 0.394 e. The van der Waals surface area contributed by atoms with Crippen molar-refractivity contribution in [3.63, 3.8) is 0 Å². The monoisotopic (exact) mass is 251 g/mol. The maximum absolute atomic E-state index is 9.52. The molecule has 1 saturated carbocycles. The van der Waals surface area contributed by atoms with E-state index in [2.05, 4.69) is 43.4 Å². The Labute approximate surface area is 108 Å². The van der Waals surface area contributed by atoms with Gasteiger partial charge >= 0.3 is 0 Å². The lowest BCUT2D eigenvalue weighted by atomic mass is 10.1. The third-order valence-electron chi connectivity index (χ3n) is 3.03. The number of benzene rings is 1. The molecule has 0 heterocycles. The van der Waals surface area contributed by atoms with Crippen molar-refractivity contribution >= 4 is 11.8 Å². The maximum atomic E-state index is 9.52. The van der Waals surface area contributed by atoms with Crippen molar-refractivity contribution in [1.29, 1.82) is 0 Å². The van der Waals surface area contributed by atoms with E-state index in [-0.39, 0.29) is 12.1 Å². The van der Waals surface area contributed by atoms with E-state index in [1.807, 2.05) is 11.8 Å². The third kappa shape index (κ3) is 4.02. The van der Waals surface area contributed by atoms with Crippen molar-refractivity contribution in [2.75, 3.05) is 12.4 Å². The van der Waals surface area contributed by atoms with E-state index < -0.39 is 0 Å². The normalized spacial score (nSPS) is 19.0. The minimum Gasteiger partial charge on any atom is -0.394 e. The van der Waals surface area contributed by atoms with Crippen LogP contribution in [-0.4, -0.2) is 29.0 Å². The Kier molecular flexibility index (Phi) is 4.13. The summed E-state index contributed by atoms with van der Waals surface area (Å²) in [6.45, 7) is 4.41. The molecule has 2 rings (SSSR count). The fourth-order valence-electron chi connectivity index (χ4n) is 1.80. The van der Waals surface area contributed by atoms with Crippen LogP contribution in [-0.2, 0) is 0 Å². The number of aliphatic hydroxyl groups excluding tert-OH is 1. The van der Waals surface area contributed by atoms with Gasteiger partial charge in [-0.25, -0.2) is 0 Å². The maximum Gasteiger partial charge on any atom is 0.0618 e. The van der Waals surface area contributed by atoms with E-state index >= 15 is 0 Å². The minimum atomic E-state index is -0.157. The summed E-state index contributed by atoms with van der Waals surface area (Å²) in [5.74, 6) is 0.906. The summed E-state index contributed by atoms with van der Waals surface area (Å²) < 4.78 is 0. The number of aryl methyl sites for hydroxylation is 1. The smallest absolute Gasteiger partial charge is 0.0618 e. The molecule has 1 aromatic carbocycles. The molecule has 94 valence electrons. The second kappa shape index (κ2) is 5.42. The standard InChI is InChI=1S/C14H21NOS/c1-11-4-3-5-13(8-11)17-10-14(2,9-16)15-12-6-7-12/h3-5,8,12,15-16H,6-7,9-10H2,1-2H3. The van der Waals surface area contributed by atoms with Crippen molar-refractivity contribution in [3.8, 4) is 0 Å². The first-order chi connectivity index (χ1) is 8.11. The van der Waals surface area contributed by atoms with Gasteiger partial charge in [0.05, 0.1) is 6.61 Å². The average molecular weight is 251 g/mol. The van der Waals surface area contributed by atoms with Gasteiger partial charge in [0.1, 0.15) is 0 Å². The van der Waals surface area contributed by atoms with E-state index in [1.165, 1.54) is 23.3 Å².